The van der Waals surface area contributed by atoms with Gasteiger partial charge in [0.05, 0.1) is 11.2 Å². The molecule has 2 aromatic rings. The summed E-state index contributed by atoms with van der Waals surface area (Å²) in [6.45, 7) is 4.33. The van der Waals surface area contributed by atoms with Crippen LogP contribution in [0, 0.1) is 0 Å². The number of nitrogens with one attached hydrogen (secondary N) is 1. The van der Waals surface area contributed by atoms with Crippen LogP contribution in [0.15, 0.2) is 48.5 Å². The number of amides is 1. The van der Waals surface area contributed by atoms with Gasteiger partial charge in [-0.2, -0.15) is 0 Å². The van der Waals surface area contributed by atoms with Crippen LogP contribution in [-0.4, -0.2) is 58.6 Å². The molecular formula is C35H49NO7. The van der Waals surface area contributed by atoms with Crippen molar-refractivity contribution < 1.29 is 34.1 Å². The predicted molar refractivity (Wildman–Crippen MR) is 167 cm³/mol. The molecule has 0 spiro atoms. The Bertz CT molecular complexity index is 1180. The van der Waals surface area contributed by atoms with E-state index in [-0.39, 0.29) is 30.5 Å². The van der Waals surface area contributed by atoms with Gasteiger partial charge in [0, 0.05) is 37.4 Å². The molecule has 0 atom stereocenters. The average molecular weight is 596 g/mol. The van der Waals surface area contributed by atoms with Crippen molar-refractivity contribution in [2.75, 3.05) is 19.8 Å². The minimum absolute atomic E-state index is 0.0395. The van der Waals surface area contributed by atoms with E-state index in [0.29, 0.717) is 42.2 Å². The second kappa shape index (κ2) is 17.2. The Morgan fingerprint density at radius 2 is 1.16 bits per heavy atom. The second-order valence-electron chi connectivity index (χ2n) is 12.0. The highest BCUT2D eigenvalue weighted by Crippen LogP contribution is 2.30. The Labute approximate surface area is 256 Å². The van der Waals surface area contributed by atoms with E-state index < -0.39 is 11.2 Å². The molecule has 2 fully saturated rings. The van der Waals surface area contributed by atoms with Crippen molar-refractivity contribution in [2.45, 2.75) is 109 Å². The topological polar surface area (TPSA) is 122 Å². The molecule has 0 unspecified atom stereocenters. The number of carbonyl (C=O) groups is 3. The lowest BCUT2D eigenvalue weighted by molar-refractivity contribution is -0.118. The van der Waals surface area contributed by atoms with E-state index in [1.165, 1.54) is 19.8 Å². The van der Waals surface area contributed by atoms with E-state index in [4.69, 9.17) is 9.47 Å². The van der Waals surface area contributed by atoms with Gasteiger partial charge in [0.15, 0.2) is 11.6 Å². The summed E-state index contributed by atoms with van der Waals surface area (Å²) >= 11 is 0. The molecule has 0 aromatic heterocycles. The number of hydrogen-bond donors (Lipinski definition) is 3. The van der Waals surface area contributed by atoms with E-state index in [1.807, 2.05) is 25.1 Å². The van der Waals surface area contributed by atoms with Crippen molar-refractivity contribution in [3.8, 4) is 11.5 Å². The zero-order chi connectivity index (χ0) is 31.1. The number of benzene rings is 2. The van der Waals surface area contributed by atoms with Crippen LogP contribution in [-0.2, 0) is 4.79 Å². The summed E-state index contributed by atoms with van der Waals surface area (Å²) in [6, 6.07) is 14.3. The van der Waals surface area contributed by atoms with Crippen LogP contribution in [0.4, 0.5) is 0 Å². The first-order valence-electron chi connectivity index (χ1n) is 15.8. The largest absolute Gasteiger partial charge is 0.491 e. The molecule has 236 valence electrons. The Balaban J connectivity index is 0.000000242. The van der Waals surface area contributed by atoms with Crippen LogP contribution >= 0.6 is 0 Å². The molecule has 0 saturated heterocycles. The molecule has 1 amide bonds. The van der Waals surface area contributed by atoms with E-state index >= 15 is 0 Å². The van der Waals surface area contributed by atoms with Gasteiger partial charge in [-0.15, -0.1) is 0 Å². The standard InChI is InChI=1S/C19H27NO4.C16H22O3/c1-15(21)20-12-9-18(22)16-7-6-8-17(13-16)24-14-19(23)10-4-2-3-5-11-19;1-2-6-15(17)13-7-5-8-14(11-13)19-12-16(18)9-3-4-10-16/h6-8,13,23H,2-5,9-12,14H2,1H3,(H,20,21);5,7-8,11,18H,2-4,6,9-10,12H2,1H3. The first-order valence-corrected chi connectivity index (χ1v) is 15.8. The Hall–Kier alpha value is -3.23. The molecule has 3 N–H and O–H groups in total. The summed E-state index contributed by atoms with van der Waals surface area (Å²) in [5.74, 6) is 1.23. The highest BCUT2D eigenvalue weighted by atomic mass is 16.5. The van der Waals surface area contributed by atoms with Gasteiger partial charge in [0.25, 0.3) is 0 Å². The molecule has 2 aromatic carbocycles. The fourth-order valence-electron chi connectivity index (χ4n) is 5.53. The van der Waals surface area contributed by atoms with Crippen molar-refractivity contribution >= 4 is 17.5 Å². The summed E-state index contributed by atoms with van der Waals surface area (Å²) in [7, 11) is 0. The van der Waals surface area contributed by atoms with E-state index in [1.54, 1.807) is 30.3 Å². The molecule has 0 heterocycles. The monoisotopic (exact) mass is 595 g/mol. The summed E-state index contributed by atoms with van der Waals surface area (Å²) in [6.07, 6.45) is 11.3. The van der Waals surface area contributed by atoms with Crippen LogP contribution in [0.5, 0.6) is 11.5 Å². The smallest absolute Gasteiger partial charge is 0.216 e. The maximum atomic E-state index is 12.1. The van der Waals surface area contributed by atoms with E-state index in [9.17, 15) is 24.6 Å². The van der Waals surface area contributed by atoms with Crippen LogP contribution in [0.2, 0.25) is 0 Å². The number of Topliss-reactive ketones (excluding diaryl/α,β-unsaturated/α-hetero) is 2. The molecular weight excluding hydrogens is 546 g/mol. The van der Waals surface area contributed by atoms with Gasteiger partial charge in [-0.05, 0) is 56.4 Å². The van der Waals surface area contributed by atoms with Gasteiger partial charge in [-0.3, -0.25) is 14.4 Å². The summed E-state index contributed by atoms with van der Waals surface area (Å²) < 4.78 is 11.4. The maximum absolute atomic E-state index is 12.1. The number of aliphatic hydroxyl groups is 2. The molecule has 8 nitrogen and oxygen atoms in total. The molecule has 0 radical (unpaired) electrons. The van der Waals surface area contributed by atoms with Crippen molar-refractivity contribution in [1.82, 2.24) is 5.32 Å². The first-order chi connectivity index (χ1) is 20.6. The normalized spacial score (nSPS) is 17.1. The quantitative estimate of drug-likeness (QED) is 0.186. The molecule has 8 heteroatoms. The summed E-state index contributed by atoms with van der Waals surface area (Å²) in [4.78, 5) is 34.8. The number of rotatable bonds is 13. The lowest BCUT2D eigenvalue weighted by atomic mass is 9.96. The van der Waals surface area contributed by atoms with E-state index in [2.05, 4.69) is 5.32 Å². The highest BCUT2D eigenvalue weighted by Gasteiger charge is 2.32. The van der Waals surface area contributed by atoms with Crippen molar-refractivity contribution in [1.29, 1.82) is 0 Å². The molecule has 2 aliphatic carbocycles. The maximum Gasteiger partial charge on any atom is 0.216 e. The highest BCUT2D eigenvalue weighted by molar-refractivity contribution is 5.97. The number of hydrogen-bond acceptors (Lipinski definition) is 7. The zero-order valence-corrected chi connectivity index (χ0v) is 25.9. The van der Waals surface area contributed by atoms with Crippen LogP contribution in [0.3, 0.4) is 0 Å². The van der Waals surface area contributed by atoms with Crippen LogP contribution in [0.25, 0.3) is 0 Å². The molecule has 2 saturated carbocycles. The molecule has 4 rings (SSSR count). The minimum Gasteiger partial charge on any atom is -0.491 e. The zero-order valence-electron chi connectivity index (χ0n) is 25.9. The Morgan fingerprint density at radius 1 is 0.721 bits per heavy atom. The Kier molecular flexibility index (Phi) is 13.7. The van der Waals surface area contributed by atoms with Gasteiger partial charge in [0.2, 0.25) is 5.91 Å². The third kappa shape index (κ3) is 12.1. The van der Waals surface area contributed by atoms with Crippen molar-refractivity contribution in [3.05, 3.63) is 59.7 Å². The third-order valence-corrected chi connectivity index (χ3v) is 8.10. The van der Waals surface area contributed by atoms with Crippen LogP contribution < -0.4 is 14.8 Å². The van der Waals surface area contributed by atoms with Gasteiger partial charge in [-0.25, -0.2) is 0 Å². The van der Waals surface area contributed by atoms with Gasteiger partial charge in [0.1, 0.15) is 24.7 Å². The molecule has 43 heavy (non-hydrogen) atoms. The first kappa shape index (κ1) is 34.3. The van der Waals surface area contributed by atoms with Crippen molar-refractivity contribution in [3.63, 3.8) is 0 Å². The summed E-state index contributed by atoms with van der Waals surface area (Å²) in [5, 5.41) is 23.5. The van der Waals surface area contributed by atoms with Crippen molar-refractivity contribution in [2.24, 2.45) is 0 Å². The fraction of sp³-hybridized carbons (Fsp3) is 0.571. The Morgan fingerprint density at radius 3 is 1.60 bits per heavy atom. The molecule has 0 bridgehead atoms. The molecule has 0 aliphatic heterocycles. The van der Waals surface area contributed by atoms with Crippen LogP contribution in [0.1, 0.15) is 118 Å². The van der Waals surface area contributed by atoms with Gasteiger partial charge >= 0.3 is 0 Å². The fourth-order valence-corrected chi connectivity index (χ4v) is 5.53. The SMILES string of the molecule is CC(=O)NCCC(=O)c1cccc(OCC2(O)CCCCCC2)c1.CCCC(=O)c1cccc(OCC2(O)CCCC2)c1. The predicted octanol–water partition coefficient (Wildman–Crippen LogP) is 6.21. The van der Waals surface area contributed by atoms with Gasteiger partial charge in [-0.1, -0.05) is 69.7 Å². The third-order valence-electron chi connectivity index (χ3n) is 8.10. The second-order valence-corrected chi connectivity index (χ2v) is 12.0. The van der Waals surface area contributed by atoms with E-state index in [0.717, 1.165) is 57.8 Å². The number of ketones is 2. The lowest BCUT2D eigenvalue weighted by Gasteiger charge is -2.26. The summed E-state index contributed by atoms with van der Waals surface area (Å²) in [5.41, 5.74) is -0.186. The van der Waals surface area contributed by atoms with Gasteiger partial charge < -0.3 is 25.0 Å². The molecule has 2 aliphatic rings. The minimum atomic E-state index is -0.762. The average Bonchev–Trinajstić information content (AvgIpc) is 3.32. The number of ether oxygens (including phenoxy) is 2. The lowest BCUT2D eigenvalue weighted by Crippen LogP contribution is -2.35. The number of carbonyl (C=O) groups excluding carboxylic acids is 3.